The van der Waals surface area contributed by atoms with Crippen molar-refractivity contribution in [3.8, 4) is 0 Å². The number of hydrogen-bond acceptors (Lipinski definition) is 4. The Morgan fingerprint density at radius 3 is 2.88 bits per heavy atom. The van der Waals surface area contributed by atoms with Crippen molar-refractivity contribution in [2.45, 2.75) is 38.6 Å². The Kier molecular flexibility index (Phi) is 5.65. The molecule has 1 aliphatic carbocycles. The van der Waals surface area contributed by atoms with E-state index in [1.807, 2.05) is 13.1 Å². The Morgan fingerprint density at radius 1 is 1.53 bits per heavy atom. The zero-order valence-corrected chi connectivity index (χ0v) is 11.2. The van der Waals surface area contributed by atoms with Gasteiger partial charge < -0.3 is 9.84 Å². The van der Waals surface area contributed by atoms with Crippen LogP contribution in [0.5, 0.6) is 0 Å². The molecule has 2 rings (SSSR count). The fourth-order valence-corrected chi connectivity index (χ4v) is 1.64. The Balaban J connectivity index is 0.00000144. The first-order valence-corrected chi connectivity index (χ1v) is 5.96. The van der Waals surface area contributed by atoms with Crippen LogP contribution in [-0.4, -0.2) is 23.2 Å². The van der Waals surface area contributed by atoms with Crippen LogP contribution in [0.25, 0.3) is 6.08 Å². The summed E-state index contributed by atoms with van der Waals surface area (Å²) < 4.78 is 5.15. The molecule has 1 aliphatic rings. The first-order chi connectivity index (χ1) is 7.78. The molecular weight excluding hydrogens is 238 g/mol. The molecule has 17 heavy (non-hydrogen) atoms. The molecule has 1 fully saturated rings. The van der Waals surface area contributed by atoms with Crippen molar-refractivity contribution < 1.29 is 4.52 Å². The summed E-state index contributed by atoms with van der Waals surface area (Å²) in [6, 6.07) is 0.376. The number of nitrogens with zero attached hydrogens (tertiary/aromatic N) is 2. The van der Waals surface area contributed by atoms with Crippen molar-refractivity contribution in [1.82, 2.24) is 15.5 Å². The van der Waals surface area contributed by atoms with Crippen LogP contribution in [-0.2, 0) is 6.42 Å². The van der Waals surface area contributed by atoms with Gasteiger partial charge in [0.15, 0.2) is 5.82 Å². The topological polar surface area (TPSA) is 51.0 Å². The van der Waals surface area contributed by atoms with Crippen molar-refractivity contribution >= 4 is 18.5 Å². The summed E-state index contributed by atoms with van der Waals surface area (Å²) in [5.41, 5.74) is 0. The highest BCUT2D eigenvalue weighted by atomic mass is 35.5. The van der Waals surface area contributed by atoms with Gasteiger partial charge in [0.05, 0.1) is 0 Å². The zero-order chi connectivity index (χ0) is 11.4. The predicted octanol–water partition coefficient (Wildman–Crippen LogP) is 2.46. The Bertz CT molecular complexity index is 360. The molecule has 0 spiro atoms. The molecule has 1 aromatic rings. The third-order valence-electron chi connectivity index (χ3n) is 3.13. The number of aromatic nitrogens is 2. The molecule has 96 valence electrons. The highest BCUT2D eigenvalue weighted by molar-refractivity contribution is 5.85. The van der Waals surface area contributed by atoms with Crippen LogP contribution >= 0.6 is 12.4 Å². The molecule has 1 saturated carbocycles. The number of halogens is 1. The minimum Gasteiger partial charge on any atom is -0.335 e. The predicted molar refractivity (Wildman–Crippen MR) is 70.1 cm³/mol. The Labute approximate surface area is 108 Å². The summed E-state index contributed by atoms with van der Waals surface area (Å²) >= 11 is 0. The molecule has 0 aliphatic heterocycles. The lowest BCUT2D eigenvalue weighted by Crippen LogP contribution is -2.24. The molecule has 1 heterocycles. The number of rotatable bonds is 5. The van der Waals surface area contributed by atoms with Crippen LogP contribution in [0.1, 0.15) is 37.9 Å². The van der Waals surface area contributed by atoms with Crippen LogP contribution in [0.15, 0.2) is 10.6 Å². The van der Waals surface area contributed by atoms with Gasteiger partial charge >= 0.3 is 0 Å². The molecular formula is C12H20ClN3O. The van der Waals surface area contributed by atoms with E-state index in [0.717, 1.165) is 18.2 Å². The molecule has 0 amide bonds. The van der Waals surface area contributed by atoms with E-state index in [1.165, 1.54) is 19.3 Å². The van der Waals surface area contributed by atoms with Gasteiger partial charge in [-0.1, -0.05) is 17.7 Å². The van der Waals surface area contributed by atoms with Crippen molar-refractivity contribution in [1.29, 1.82) is 0 Å². The van der Waals surface area contributed by atoms with Crippen LogP contribution in [0.4, 0.5) is 0 Å². The van der Waals surface area contributed by atoms with E-state index in [1.54, 1.807) is 0 Å². The van der Waals surface area contributed by atoms with E-state index < -0.39 is 0 Å². The maximum Gasteiger partial charge on any atom is 0.250 e. The minimum absolute atomic E-state index is 0. The second kappa shape index (κ2) is 6.77. The smallest absolute Gasteiger partial charge is 0.250 e. The van der Waals surface area contributed by atoms with Crippen LogP contribution < -0.4 is 5.32 Å². The van der Waals surface area contributed by atoms with E-state index in [2.05, 4.69) is 28.5 Å². The van der Waals surface area contributed by atoms with Gasteiger partial charge in [-0.05, 0) is 38.8 Å². The SMILES string of the molecule is CNC(C)Cc1noc(/C=C/C2CCC2)n1.Cl. The van der Waals surface area contributed by atoms with Crippen LogP contribution in [0.3, 0.4) is 0 Å². The quantitative estimate of drug-likeness (QED) is 0.880. The molecule has 1 aromatic heterocycles. The van der Waals surface area contributed by atoms with E-state index in [-0.39, 0.29) is 12.4 Å². The lowest BCUT2D eigenvalue weighted by molar-refractivity contribution is 0.384. The average Bonchev–Trinajstić information content (AvgIpc) is 2.63. The first-order valence-electron chi connectivity index (χ1n) is 5.96. The van der Waals surface area contributed by atoms with Crippen molar-refractivity contribution in [2.24, 2.45) is 5.92 Å². The van der Waals surface area contributed by atoms with Gasteiger partial charge in [-0.15, -0.1) is 12.4 Å². The normalized spacial score (nSPS) is 17.8. The number of allylic oxidation sites excluding steroid dienone is 1. The fraction of sp³-hybridized carbons (Fsp3) is 0.667. The monoisotopic (exact) mass is 257 g/mol. The average molecular weight is 258 g/mol. The van der Waals surface area contributed by atoms with Crippen LogP contribution in [0, 0.1) is 5.92 Å². The second-order valence-electron chi connectivity index (χ2n) is 4.49. The van der Waals surface area contributed by atoms with E-state index >= 15 is 0 Å². The summed E-state index contributed by atoms with van der Waals surface area (Å²) in [5, 5.41) is 7.10. The number of nitrogens with one attached hydrogen (secondary N) is 1. The molecule has 5 heteroatoms. The summed E-state index contributed by atoms with van der Waals surface area (Å²) in [5.74, 6) is 2.13. The molecule has 0 aromatic carbocycles. The summed E-state index contributed by atoms with van der Waals surface area (Å²) in [6.07, 6.45) is 8.89. The third-order valence-corrected chi connectivity index (χ3v) is 3.13. The summed E-state index contributed by atoms with van der Waals surface area (Å²) in [7, 11) is 1.93. The number of hydrogen-bond donors (Lipinski definition) is 1. The van der Waals surface area contributed by atoms with E-state index in [9.17, 15) is 0 Å². The van der Waals surface area contributed by atoms with Gasteiger partial charge in [-0.2, -0.15) is 4.98 Å². The van der Waals surface area contributed by atoms with Gasteiger partial charge in [0.25, 0.3) is 0 Å². The van der Waals surface area contributed by atoms with Crippen molar-refractivity contribution in [3.63, 3.8) is 0 Å². The van der Waals surface area contributed by atoms with Gasteiger partial charge in [0.2, 0.25) is 5.89 Å². The fourth-order valence-electron chi connectivity index (χ4n) is 1.64. The lowest BCUT2D eigenvalue weighted by atomic mass is 9.85. The standard InChI is InChI=1S/C12H19N3O.ClH/c1-9(13-2)8-11-14-12(16-15-11)7-6-10-4-3-5-10;/h6-7,9-10,13H,3-5,8H2,1-2H3;1H/b7-6+;. The maximum atomic E-state index is 5.15. The van der Waals surface area contributed by atoms with Gasteiger partial charge in [-0.25, -0.2) is 0 Å². The molecule has 4 nitrogen and oxygen atoms in total. The number of likely N-dealkylation sites (N-methyl/N-ethyl adjacent to an activating group) is 1. The molecule has 0 radical (unpaired) electrons. The summed E-state index contributed by atoms with van der Waals surface area (Å²) in [6.45, 7) is 2.10. The van der Waals surface area contributed by atoms with E-state index in [0.29, 0.717) is 11.9 Å². The Hall–Kier alpha value is -0.870. The largest absolute Gasteiger partial charge is 0.335 e. The molecule has 1 unspecified atom stereocenters. The molecule has 0 bridgehead atoms. The molecule has 0 saturated heterocycles. The highest BCUT2D eigenvalue weighted by Gasteiger charge is 2.14. The van der Waals surface area contributed by atoms with Crippen LogP contribution in [0.2, 0.25) is 0 Å². The lowest BCUT2D eigenvalue weighted by Gasteiger charge is -2.20. The summed E-state index contributed by atoms with van der Waals surface area (Å²) in [4.78, 5) is 4.32. The second-order valence-corrected chi connectivity index (χ2v) is 4.49. The zero-order valence-electron chi connectivity index (χ0n) is 10.3. The van der Waals surface area contributed by atoms with E-state index in [4.69, 9.17) is 4.52 Å². The Morgan fingerprint density at radius 2 is 2.29 bits per heavy atom. The maximum absolute atomic E-state index is 5.15. The minimum atomic E-state index is 0. The van der Waals surface area contributed by atoms with Crippen molar-refractivity contribution in [2.75, 3.05) is 7.05 Å². The molecule has 1 N–H and O–H groups in total. The molecule has 1 atom stereocenters. The third kappa shape index (κ3) is 4.13. The van der Waals surface area contributed by atoms with Gasteiger partial charge in [-0.3, -0.25) is 0 Å². The van der Waals surface area contributed by atoms with Gasteiger partial charge in [0, 0.05) is 12.5 Å². The van der Waals surface area contributed by atoms with Gasteiger partial charge in [0.1, 0.15) is 0 Å². The highest BCUT2D eigenvalue weighted by Crippen LogP contribution is 2.27. The first kappa shape index (κ1) is 14.2. The van der Waals surface area contributed by atoms with Crippen molar-refractivity contribution in [3.05, 3.63) is 17.8 Å².